The Kier molecular flexibility index (Phi) is 10.1. The van der Waals surface area contributed by atoms with Crippen LogP contribution in [0.1, 0.15) is 33.3 Å². The molecule has 0 aliphatic carbocycles. The summed E-state index contributed by atoms with van der Waals surface area (Å²) < 4.78 is 24.1. The minimum Gasteiger partial charge on any atom is -0.507 e. The standard InChI is InChI=1S/C31H42N2O6/c1-19(2)10-15-24-26(37-17-20(3)32(5)6)16-25(34)27-28(35)31(38-18-21(4)33(7)8)29(39-30(24)27)22-11-13-23(36-9)14-12-22/h10-14,16,20-21,34H,15,17-18H2,1-9H3. The molecule has 3 rings (SSSR count). The van der Waals surface area contributed by atoms with E-state index in [2.05, 4.69) is 11.8 Å². The molecule has 1 N–H and O–H groups in total. The van der Waals surface area contributed by atoms with Gasteiger partial charge in [0, 0.05) is 29.3 Å². The first kappa shape index (κ1) is 30.1. The molecule has 2 aromatic carbocycles. The predicted molar refractivity (Wildman–Crippen MR) is 157 cm³/mol. The molecule has 8 heteroatoms. The summed E-state index contributed by atoms with van der Waals surface area (Å²) in [6.45, 7) is 8.74. The number of ether oxygens (including phenoxy) is 3. The van der Waals surface area contributed by atoms with Gasteiger partial charge in [-0.3, -0.25) is 4.79 Å². The van der Waals surface area contributed by atoms with E-state index in [-0.39, 0.29) is 46.9 Å². The minimum absolute atomic E-state index is 0.0418. The molecule has 0 aliphatic rings. The van der Waals surface area contributed by atoms with Gasteiger partial charge in [-0.1, -0.05) is 11.6 Å². The molecule has 0 radical (unpaired) electrons. The summed E-state index contributed by atoms with van der Waals surface area (Å²) >= 11 is 0. The van der Waals surface area contributed by atoms with Gasteiger partial charge in [0.05, 0.1) is 7.11 Å². The normalized spacial score (nSPS) is 13.0. The van der Waals surface area contributed by atoms with Crippen molar-refractivity contribution in [3.05, 3.63) is 57.8 Å². The molecular weight excluding hydrogens is 496 g/mol. The van der Waals surface area contributed by atoms with Crippen molar-refractivity contribution in [2.75, 3.05) is 48.5 Å². The molecular formula is C31H42N2O6. The molecule has 8 nitrogen and oxygen atoms in total. The van der Waals surface area contributed by atoms with Gasteiger partial charge in [0.15, 0.2) is 5.76 Å². The van der Waals surface area contributed by atoms with E-state index in [1.54, 1.807) is 19.2 Å². The van der Waals surface area contributed by atoms with Crippen LogP contribution >= 0.6 is 0 Å². The van der Waals surface area contributed by atoms with Crippen LogP contribution in [0.5, 0.6) is 23.0 Å². The number of hydrogen-bond donors (Lipinski definition) is 1. The van der Waals surface area contributed by atoms with Gasteiger partial charge in [-0.25, -0.2) is 0 Å². The Morgan fingerprint density at radius 3 is 2.13 bits per heavy atom. The van der Waals surface area contributed by atoms with Crippen LogP contribution in [-0.2, 0) is 6.42 Å². The maximum absolute atomic E-state index is 14.0. The van der Waals surface area contributed by atoms with Crippen molar-refractivity contribution in [1.82, 2.24) is 9.80 Å². The van der Waals surface area contributed by atoms with Crippen molar-refractivity contribution in [2.45, 2.75) is 46.2 Å². The van der Waals surface area contributed by atoms with E-state index in [1.807, 2.05) is 72.1 Å². The van der Waals surface area contributed by atoms with Crippen LogP contribution in [0.3, 0.4) is 0 Å². The van der Waals surface area contributed by atoms with Gasteiger partial charge in [-0.15, -0.1) is 0 Å². The first-order valence-electron chi connectivity index (χ1n) is 13.2. The maximum Gasteiger partial charge on any atom is 0.239 e. The van der Waals surface area contributed by atoms with E-state index in [9.17, 15) is 9.90 Å². The van der Waals surface area contributed by atoms with Crippen molar-refractivity contribution in [3.8, 4) is 34.3 Å². The van der Waals surface area contributed by atoms with E-state index >= 15 is 0 Å². The number of benzene rings is 2. The van der Waals surface area contributed by atoms with Gasteiger partial charge >= 0.3 is 0 Å². The van der Waals surface area contributed by atoms with Crippen LogP contribution in [0.25, 0.3) is 22.3 Å². The van der Waals surface area contributed by atoms with Gasteiger partial charge in [0.1, 0.15) is 41.4 Å². The lowest BCUT2D eigenvalue weighted by molar-refractivity contribution is 0.195. The van der Waals surface area contributed by atoms with E-state index < -0.39 is 5.43 Å². The molecule has 2 atom stereocenters. The molecule has 0 saturated heterocycles. The third kappa shape index (κ3) is 7.13. The molecule has 0 aliphatic heterocycles. The lowest BCUT2D eigenvalue weighted by atomic mass is 10.0. The van der Waals surface area contributed by atoms with Gasteiger partial charge in [-0.05, 0) is 86.6 Å². The topological polar surface area (TPSA) is 84.6 Å². The second-order valence-corrected chi connectivity index (χ2v) is 10.6. The highest BCUT2D eigenvalue weighted by Crippen LogP contribution is 2.40. The molecule has 1 heterocycles. The van der Waals surface area contributed by atoms with Gasteiger partial charge < -0.3 is 33.5 Å². The van der Waals surface area contributed by atoms with E-state index in [0.717, 1.165) is 5.57 Å². The molecule has 212 valence electrons. The van der Waals surface area contributed by atoms with Crippen LogP contribution in [-0.4, -0.2) is 75.5 Å². The number of phenolic OH excluding ortho intramolecular Hbond substituents is 1. The summed E-state index contributed by atoms with van der Waals surface area (Å²) in [7, 11) is 9.45. The Bertz CT molecular complexity index is 1350. The minimum atomic E-state index is -0.433. The zero-order chi connectivity index (χ0) is 28.9. The highest BCUT2D eigenvalue weighted by atomic mass is 16.5. The van der Waals surface area contributed by atoms with Crippen LogP contribution < -0.4 is 19.6 Å². The first-order valence-corrected chi connectivity index (χ1v) is 13.2. The summed E-state index contributed by atoms with van der Waals surface area (Å²) in [6, 6.07) is 8.93. The molecule has 0 spiro atoms. The molecule has 39 heavy (non-hydrogen) atoms. The third-order valence-electron chi connectivity index (χ3n) is 6.94. The summed E-state index contributed by atoms with van der Waals surface area (Å²) in [6.07, 6.45) is 2.51. The molecule has 1 aromatic heterocycles. The Balaban J connectivity index is 2.30. The summed E-state index contributed by atoms with van der Waals surface area (Å²) in [5.41, 5.74) is 2.30. The molecule has 3 aromatic rings. The number of nitrogens with zero attached hydrogens (tertiary/aromatic N) is 2. The van der Waals surface area contributed by atoms with Crippen molar-refractivity contribution in [2.24, 2.45) is 0 Å². The molecule has 0 fully saturated rings. The van der Waals surface area contributed by atoms with Crippen molar-refractivity contribution in [1.29, 1.82) is 0 Å². The summed E-state index contributed by atoms with van der Waals surface area (Å²) in [4.78, 5) is 18.0. The first-order chi connectivity index (χ1) is 18.4. The number of fused-ring (bicyclic) bond motifs is 1. The zero-order valence-electron chi connectivity index (χ0n) is 24.6. The summed E-state index contributed by atoms with van der Waals surface area (Å²) in [5, 5.41) is 11.2. The van der Waals surface area contributed by atoms with E-state index in [4.69, 9.17) is 18.6 Å². The second kappa shape index (κ2) is 13.0. The van der Waals surface area contributed by atoms with Crippen LogP contribution in [0.2, 0.25) is 0 Å². The number of aromatic hydroxyl groups is 1. The quantitative estimate of drug-likeness (QED) is 0.309. The average molecular weight is 539 g/mol. The van der Waals surface area contributed by atoms with Crippen LogP contribution in [0, 0.1) is 0 Å². The van der Waals surface area contributed by atoms with Gasteiger partial charge in [0.2, 0.25) is 11.2 Å². The van der Waals surface area contributed by atoms with Gasteiger partial charge in [-0.2, -0.15) is 0 Å². The van der Waals surface area contributed by atoms with Crippen LogP contribution in [0.15, 0.2) is 51.2 Å². The predicted octanol–water partition coefficient (Wildman–Crippen LogP) is 5.34. The monoisotopic (exact) mass is 538 g/mol. The number of likely N-dealkylation sites (N-methyl/N-ethyl adjacent to an activating group) is 2. The Morgan fingerprint density at radius 2 is 1.59 bits per heavy atom. The maximum atomic E-state index is 14.0. The lowest BCUT2D eigenvalue weighted by Gasteiger charge is -2.22. The van der Waals surface area contributed by atoms with Crippen molar-refractivity contribution in [3.63, 3.8) is 0 Å². The van der Waals surface area contributed by atoms with Gasteiger partial charge in [0.25, 0.3) is 0 Å². The largest absolute Gasteiger partial charge is 0.507 e. The molecule has 0 saturated carbocycles. The zero-order valence-corrected chi connectivity index (χ0v) is 24.6. The highest BCUT2D eigenvalue weighted by molar-refractivity contribution is 5.91. The number of methoxy groups -OCH3 is 1. The van der Waals surface area contributed by atoms with E-state index in [0.29, 0.717) is 35.7 Å². The fraction of sp³-hybridized carbons (Fsp3) is 0.452. The molecule has 0 bridgehead atoms. The molecule has 0 amide bonds. The number of hydrogen-bond acceptors (Lipinski definition) is 8. The number of allylic oxidation sites excluding steroid dienone is 2. The SMILES string of the molecule is COc1ccc(-c2oc3c(CC=C(C)C)c(OCC(C)N(C)C)cc(O)c3c(=O)c2OCC(C)N(C)C)cc1. The summed E-state index contributed by atoms with van der Waals surface area (Å²) in [5.74, 6) is 1.29. The Labute approximate surface area is 231 Å². The average Bonchev–Trinajstić information content (AvgIpc) is 2.89. The molecule has 2 unspecified atom stereocenters. The van der Waals surface area contributed by atoms with Crippen LogP contribution in [0.4, 0.5) is 0 Å². The third-order valence-corrected chi connectivity index (χ3v) is 6.94. The van der Waals surface area contributed by atoms with E-state index in [1.165, 1.54) is 6.07 Å². The lowest BCUT2D eigenvalue weighted by Crippen LogP contribution is -2.31. The number of rotatable bonds is 12. The Morgan fingerprint density at radius 1 is 1.00 bits per heavy atom. The van der Waals surface area contributed by atoms with Crippen molar-refractivity contribution < 1.29 is 23.7 Å². The highest BCUT2D eigenvalue weighted by Gasteiger charge is 2.25. The number of phenols is 1. The second-order valence-electron chi connectivity index (χ2n) is 10.6. The van der Waals surface area contributed by atoms with Crippen molar-refractivity contribution >= 4 is 11.0 Å². The fourth-order valence-electron chi connectivity index (χ4n) is 3.76. The smallest absolute Gasteiger partial charge is 0.239 e. The fourth-order valence-corrected chi connectivity index (χ4v) is 3.76. The Hall–Kier alpha value is -3.49.